The van der Waals surface area contributed by atoms with Gasteiger partial charge >= 0.3 is 0 Å². The third kappa shape index (κ3) is 3.18. The lowest BCUT2D eigenvalue weighted by Gasteiger charge is -2.23. The maximum Gasteiger partial charge on any atom is 0.173 e. The first-order chi connectivity index (χ1) is 9.63. The zero-order chi connectivity index (χ0) is 14.5. The Hall–Kier alpha value is -1.85. The molecule has 0 aromatic carbocycles. The molecule has 2 rings (SSSR count). The molecule has 1 fully saturated rings. The van der Waals surface area contributed by atoms with Gasteiger partial charge in [-0.25, -0.2) is 0 Å². The second-order valence-corrected chi connectivity index (χ2v) is 5.68. The lowest BCUT2D eigenvalue weighted by atomic mass is 9.89. The van der Waals surface area contributed by atoms with E-state index in [0.717, 1.165) is 31.8 Å². The smallest absolute Gasteiger partial charge is 0.173 e. The predicted octanol–water partition coefficient (Wildman–Crippen LogP) is 1.83. The van der Waals surface area contributed by atoms with Gasteiger partial charge in [-0.3, -0.25) is 0 Å². The van der Waals surface area contributed by atoms with Crippen molar-refractivity contribution in [3.8, 4) is 0 Å². The normalized spacial score (nSPS) is 21.1. The fraction of sp³-hybridized carbons (Fsp3) is 0.643. The number of nitrogens with zero attached hydrogens (tertiary/aromatic N) is 4. The molecule has 0 spiro atoms. The summed E-state index contributed by atoms with van der Waals surface area (Å²) in [5.74, 6) is 2.26. The molecule has 1 aromatic heterocycles. The number of amidine groups is 1. The molecule has 6 heteroatoms. The van der Waals surface area contributed by atoms with Crippen LogP contribution in [-0.4, -0.2) is 34.3 Å². The van der Waals surface area contributed by atoms with E-state index in [9.17, 15) is 0 Å². The Kier molecular flexibility index (Phi) is 4.76. The van der Waals surface area contributed by atoms with Crippen LogP contribution in [0.1, 0.15) is 38.7 Å². The zero-order valence-electron chi connectivity index (χ0n) is 12.2. The van der Waals surface area contributed by atoms with E-state index in [2.05, 4.69) is 34.1 Å². The van der Waals surface area contributed by atoms with Crippen LogP contribution < -0.4 is 10.6 Å². The van der Waals surface area contributed by atoms with Gasteiger partial charge in [0.2, 0.25) is 0 Å². The predicted molar refractivity (Wildman–Crippen MR) is 78.9 cm³/mol. The molecular formula is C14H23N5O. The third-order valence-corrected chi connectivity index (χ3v) is 4.10. The van der Waals surface area contributed by atoms with E-state index in [0.29, 0.717) is 17.3 Å². The number of nitrogens with two attached hydrogens (primary N) is 1. The molecule has 1 aliphatic rings. The van der Waals surface area contributed by atoms with Crippen molar-refractivity contribution in [1.82, 2.24) is 10.2 Å². The van der Waals surface area contributed by atoms with Crippen molar-refractivity contribution < 1.29 is 5.21 Å². The molecule has 20 heavy (non-hydrogen) atoms. The second kappa shape index (κ2) is 6.54. The summed E-state index contributed by atoms with van der Waals surface area (Å²) in [5.41, 5.74) is 6.37. The summed E-state index contributed by atoms with van der Waals surface area (Å²) in [6.07, 6.45) is 5.08. The van der Waals surface area contributed by atoms with Crippen molar-refractivity contribution in [2.75, 3.05) is 18.0 Å². The van der Waals surface area contributed by atoms with Gasteiger partial charge in [-0.15, -0.1) is 5.10 Å². The van der Waals surface area contributed by atoms with Crippen LogP contribution in [-0.2, 0) is 0 Å². The summed E-state index contributed by atoms with van der Waals surface area (Å²) in [4.78, 5) is 2.20. The number of oxime groups is 1. The Morgan fingerprint density at radius 1 is 1.45 bits per heavy atom. The lowest BCUT2D eigenvalue weighted by Crippen LogP contribution is -2.29. The molecule has 0 amide bonds. The highest BCUT2D eigenvalue weighted by Gasteiger charge is 2.22. The number of aromatic nitrogens is 2. The average molecular weight is 277 g/mol. The van der Waals surface area contributed by atoms with Gasteiger partial charge in [0.05, 0.1) is 11.8 Å². The lowest BCUT2D eigenvalue weighted by molar-refractivity contribution is 0.318. The summed E-state index contributed by atoms with van der Waals surface area (Å²) >= 11 is 0. The molecule has 0 radical (unpaired) electrons. The van der Waals surface area contributed by atoms with Crippen LogP contribution in [0.25, 0.3) is 0 Å². The molecule has 0 bridgehead atoms. The summed E-state index contributed by atoms with van der Waals surface area (Å²) in [6.45, 7) is 6.44. The molecule has 6 nitrogen and oxygen atoms in total. The molecule has 3 N–H and O–H groups in total. The summed E-state index contributed by atoms with van der Waals surface area (Å²) in [7, 11) is 0. The van der Waals surface area contributed by atoms with E-state index in [-0.39, 0.29) is 5.84 Å². The van der Waals surface area contributed by atoms with Crippen LogP contribution in [0.5, 0.6) is 0 Å². The first-order valence-electron chi connectivity index (χ1n) is 7.18. The molecule has 110 valence electrons. The number of anilines is 1. The van der Waals surface area contributed by atoms with Crippen LogP contribution in [0.4, 0.5) is 5.82 Å². The fourth-order valence-electron chi connectivity index (χ4n) is 2.81. The highest BCUT2D eigenvalue weighted by Crippen LogP contribution is 2.27. The van der Waals surface area contributed by atoms with Gasteiger partial charge in [0, 0.05) is 13.1 Å². The van der Waals surface area contributed by atoms with Gasteiger partial charge in [0.1, 0.15) is 0 Å². The van der Waals surface area contributed by atoms with Crippen molar-refractivity contribution in [2.24, 2.45) is 22.7 Å². The van der Waals surface area contributed by atoms with Crippen LogP contribution in [0.2, 0.25) is 0 Å². The molecule has 0 saturated carbocycles. The molecule has 1 unspecified atom stereocenters. The molecular weight excluding hydrogens is 254 g/mol. The summed E-state index contributed by atoms with van der Waals surface area (Å²) in [5, 5.41) is 20.1. The van der Waals surface area contributed by atoms with Gasteiger partial charge in [0.15, 0.2) is 11.7 Å². The number of hydrogen-bond donors (Lipinski definition) is 2. The summed E-state index contributed by atoms with van der Waals surface area (Å²) < 4.78 is 0. The quantitative estimate of drug-likeness (QED) is 0.381. The second-order valence-electron chi connectivity index (χ2n) is 5.68. The average Bonchev–Trinajstić information content (AvgIpc) is 2.72. The molecule has 1 saturated heterocycles. The minimum atomic E-state index is 0.0829. The summed E-state index contributed by atoms with van der Waals surface area (Å²) in [6, 6.07) is 1.74. The molecule has 1 atom stereocenters. The maximum absolute atomic E-state index is 8.88. The monoisotopic (exact) mass is 277 g/mol. The van der Waals surface area contributed by atoms with Gasteiger partial charge in [-0.1, -0.05) is 19.0 Å². The van der Waals surface area contributed by atoms with Crippen molar-refractivity contribution in [1.29, 1.82) is 0 Å². The first-order valence-corrected chi connectivity index (χ1v) is 7.18. The Balaban J connectivity index is 2.20. The molecule has 1 aliphatic heterocycles. The van der Waals surface area contributed by atoms with Gasteiger partial charge < -0.3 is 15.8 Å². The van der Waals surface area contributed by atoms with E-state index in [1.54, 1.807) is 12.3 Å². The highest BCUT2D eigenvalue weighted by molar-refractivity contribution is 6.01. The standard InChI is InChI=1S/C14H23N5O/c1-10(2)11-4-3-8-19(9-6-11)14-12(13(15)18-20)5-7-16-17-14/h5,7,10-11,20H,3-4,6,8-9H2,1-2H3,(H2,15,18). The van der Waals surface area contributed by atoms with Crippen molar-refractivity contribution >= 4 is 11.7 Å². The van der Waals surface area contributed by atoms with Crippen molar-refractivity contribution in [2.45, 2.75) is 33.1 Å². The van der Waals surface area contributed by atoms with E-state index < -0.39 is 0 Å². The van der Waals surface area contributed by atoms with Crippen LogP contribution in [0, 0.1) is 11.8 Å². The van der Waals surface area contributed by atoms with Crippen LogP contribution in [0.15, 0.2) is 17.4 Å². The largest absolute Gasteiger partial charge is 0.409 e. The third-order valence-electron chi connectivity index (χ3n) is 4.10. The topological polar surface area (TPSA) is 87.6 Å². The zero-order valence-corrected chi connectivity index (χ0v) is 12.2. The maximum atomic E-state index is 8.88. The SMILES string of the molecule is CC(C)C1CCCN(c2nnccc2/C(N)=N/O)CC1. The minimum Gasteiger partial charge on any atom is -0.409 e. The molecule has 2 heterocycles. The highest BCUT2D eigenvalue weighted by atomic mass is 16.4. The van der Waals surface area contributed by atoms with Crippen molar-refractivity contribution in [3.05, 3.63) is 17.8 Å². The fourth-order valence-corrected chi connectivity index (χ4v) is 2.81. The Bertz CT molecular complexity index is 474. The van der Waals surface area contributed by atoms with E-state index in [4.69, 9.17) is 10.9 Å². The van der Waals surface area contributed by atoms with E-state index in [1.807, 2.05) is 0 Å². The van der Waals surface area contributed by atoms with Crippen LogP contribution in [0.3, 0.4) is 0 Å². The van der Waals surface area contributed by atoms with Crippen LogP contribution >= 0.6 is 0 Å². The van der Waals surface area contributed by atoms with Gasteiger partial charge in [-0.2, -0.15) is 5.10 Å². The Morgan fingerprint density at radius 3 is 2.95 bits per heavy atom. The Labute approximate surface area is 119 Å². The van der Waals surface area contributed by atoms with Crippen molar-refractivity contribution in [3.63, 3.8) is 0 Å². The first kappa shape index (κ1) is 14.6. The van der Waals surface area contributed by atoms with Gasteiger partial charge in [-0.05, 0) is 37.2 Å². The minimum absolute atomic E-state index is 0.0829. The van der Waals surface area contributed by atoms with E-state index >= 15 is 0 Å². The molecule has 0 aliphatic carbocycles. The Morgan fingerprint density at radius 2 is 2.25 bits per heavy atom. The molecule has 1 aromatic rings. The van der Waals surface area contributed by atoms with Gasteiger partial charge in [0.25, 0.3) is 0 Å². The number of rotatable bonds is 3. The number of hydrogen-bond acceptors (Lipinski definition) is 5. The van der Waals surface area contributed by atoms with E-state index in [1.165, 1.54) is 6.42 Å².